The van der Waals surface area contributed by atoms with Crippen LogP contribution in [0.1, 0.15) is 47.4 Å². The summed E-state index contributed by atoms with van der Waals surface area (Å²) in [6.45, 7) is 1.67. The topological polar surface area (TPSA) is 102 Å². The summed E-state index contributed by atoms with van der Waals surface area (Å²) < 4.78 is 32.7. The van der Waals surface area contributed by atoms with Crippen LogP contribution in [0, 0.1) is 30.1 Å². The van der Waals surface area contributed by atoms with Gasteiger partial charge in [-0.05, 0) is 61.2 Å². The molecule has 192 valence electrons. The molecule has 3 aromatic heterocycles. The molecule has 1 fully saturated rings. The van der Waals surface area contributed by atoms with Crippen molar-refractivity contribution in [1.29, 1.82) is 5.26 Å². The highest BCUT2D eigenvalue weighted by molar-refractivity contribution is 6.31. The standard InChI is InChI=1S/C28H18ClF2N7O/c1-13-2-4-17(27(30)33-13)21-10-22(34-28(21)31)26-20-9-19(20)24-6-14(7-25(39)38(24)26)18-8-15(29)3-5-23(18)37-12-16(11-32)35-36-37/h2-8,12,19-20,26H,9-10H2,1H3. The Balaban J connectivity index is 1.27. The summed E-state index contributed by atoms with van der Waals surface area (Å²) in [5.74, 6) is -1.22. The number of allylic oxidation sites excluding steroid dienone is 1. The van der Waals surface area contributed by atoms with Crippen molar-refractivity contribution in [2.24, 2.45) is 10.9 Å². The Morgan fingerprint density at radius 1 is 1.13 bits per heavy atom. The zero-order valence-electron chi connectivity index (χ0n) is 20.4. The summed E-state index contributed by atoms with van der Waals surface area (Å²) in [6, 6.07) is 13.4. The Labute approximate surface area is 225 Å². The molecular formula is C28H18ClF2N7O. The summed E-state index contributed by atoms with van der Waals surface area (Å²) in [5.41, 5.74) is 3.93. The first-order valence-electron chi connectivity index (χ1n) is 12.3. The highest BCUT2D eigenvalue weighted by atomic mass is 35.5. The molecule has 1 aliphatic carbocycles. The first-order valence-corrected chi connectivity index (χ1v) is 12.7. The molecule has 0 spiro atoms. The van der Waals surface area contributed by atoms with Crippen LogP contribution >= 0.6 is 11.6 Å². The number of fused-ring (bicyclic) bond motifs is 3. The third-order valence-corrected chi connectivity index (χ3v) is 7.86. The minimum atomic E-state index is -0.738. The van der Waals surface area contributed by atoms with Crippen LogP contribution in [0.15, 0.2) is 64.4 Å². The SMILES string of the molecule is Cc1ccc(C2=C(F)N=C(C3C4CC4c4cc(-c5cc(Cl)ccc5-n5cc(C#N)nn5)cc(=O)n43)C2)c(F)n1. The predicted octanol–water partition coefficient (Wildman–Crippen LogP) is 5.30. The lowest BCUT2D eigenvalue weighted by atomic mass is 9.98. The Kier molecular flexibility index (Phi) is 5.15. The highest BCUT2D eigenvalue weighted by Gasteiger charge is 2.55. The number of hydrogen-bond acceptors (Lipinski definition) is 6. The number of aliphatic imine (C=N–C) groups is 1. The Bertz CT molecular complexity index is 1880. The molecule has 7 rings (SSSR count). The minimum Gasteiger partial charge on any atom is -0.303 e. The second kappa shape index (κ2) is 8.51. The van der Waals surface area contributed by atoms with Gasteiger partial charge in [-0.2, -0.15) is 14.0 Å². The van der Waals surface area contributed by atoms with Gasteiger partial charge in [0, 0.05) is 57.2 Å². The largest absolute Gasteiger partial charge is 0.303 e. The maximum Gasteiger partial charge on any atom is 0.251 e. The molecule has 39 heavy (non-hydrogen) atoms. The number of aromatic nitrogens is 5. The van der Waals surface area contributed by atoms with E-state index in [0.29, 0.717) is 33.2 Å². The number of benzene rings is 1. The second-order valence-corrected chi connectivity index (χ2v) is 10.4. The van der Waals surface area contributed by atoms with Gasteiger partial charge >= 0.3 is 0 Å². The van der Waals surface area contributed by atoms with Crippen LogP contribution in [0.5, 0.6) is 0 Å². The molecule has 3 aliphatic rings. The molecule has 0 bridgehead atoms. The lowest BCUT2D eigenvalue weighted by Crippen LogP contribution is -2.29. The smallest absolute Gasteiger partial charge is 0.251 e. The summed E-state index contributed by atoms with van der Waals surface area (Å²) in [5, 5.41) is 17.5. The van der Waals surface area contributed by atoms with E-state index in [1.807, 2.05) is 12.1 Å². The van der Waals surface area contributed by atoms with Crippen molar-refractivity contribution in [3.63, 3.8) is 0 Å². The molecule has 0 radical (unpaired) electrons. The quantitative estimate of drug-likeness (QED) is 0.257. The number of pyridine rings is 2. The number of aryl methyl sites for hydroxylation is 1. The average molecular weight is 542 g/mol. The monoisotopic (exact) mass is 541 g/mol. The molecule has 1 aromatic carbocycles. The van der Waals surface area contributed by atoms with E-state index in [2.05, 4.69) is 20.3 Å². The fraction of sp³-hybridized carbons (Fsp3) is 0.214. The van der Waals surface area contributed by atoms with Crippen LogP contribution in [0.4, 0.5) is 8.78 Å². The van der Waals surface area contributed by atoms with E-state index in [9.17, 15) is 13.6 Å². The van der Waals surface area contributed by atoms with Gasteiger partial charge in [-0.25, -0.2) is 14.7 Å². The van der Waals surface area contributed by atoms with Crippen LogP contribution in [-0.4, -0.2) is 30.3 Å². The molecule has 4 aromatic rings. The van der Waals surface area contributed by atoms with E-state index in [-0.39, 0.29) is 40.6 Å². The van der Waals surface area contributed by atoms with Crippen molar-refractivity contribution in [3.05, 3.63) is 98.6 Å². The van der Waals surface area contributed by atoms with Gasteiger partial charge in [0.2, 0.25) is 11.9 Å². The third kappa shape index (κ3) is 3.72. The van der Waals surface area contributed by atoms with Gasteiger partial charge in [-0.15, -0.1) is 5.10 Å². The van der Waals surface area contributed by atoms with Crippen LogP contribution in [0.2, 0.25) is 5.02 Å². The van der Waals surface area contributed by atoms with E-state index >= 15 is 0 Å². The average Bonchev–Trinajstić information content (AvgIpc) is 3.22. The molecule has 0 N–H and O–H groups in total. The lowest BCUT2D eigenvalue weighted by molar-refractivity contribution is 0.573. The Morgan fingerprint density at radius 2 is 1.97 bits per heavy atom. The molecule has 0 saturated heterocycles. The fourth-order valence-corrected chi connectivity index (χ4v) is 5.99. The summed E-state index contributed by atoms with van der Waals surface area (Å²) in [6.07, 6.45) is 2.46. The van der Waals surface area contributed by atoms with Gasteiger partial charge in [0.05, 0.1) is 17.9 Å². The number of hydrogen-bond donors (Lipinski definition) is 0. The first kappa shape index (κ1) is 23.6. The first-order chi connectivity index (χ1) is 18.8. The Morgan fingerprint density at radius 3 is 2.74 bits per heavy atom. The van der Waals surface area contributed by atoms with Gasteiger partial charge in [0.25, 0.3) is 5.56 Å². The van der Waals surface area contributed by atoms with Crippen molar-refractivity contribution in [1.82, 2.24) is 24.5 Å². The van der Waals surface area contributed by atoms with Crippen molar-refractivity contribution >= 4 is 22.9 Å². The van der Waals surface area contributed by atoms with E-state index in [4.69, 9.17) is 16.9 Å². The van der Waals surface area contributed by atoms with Gasteiger partial charge in [0.1, 0.15) is 6.07 Å². The van der Waals surface area contributed by atoms with Gasteiger partial charge in [-0.1, -0.05) is 16.8 Å². The molecule has 0 amide bonds. The van der Waals surface area contributed by atoms with Gasteiger partial charge < -0.3 is 4.57 Å². The van der Waals surface area contributed by atoms with E-state index in [1.165, 1.54) is 23.0 Å². The van der Waals surface area contributed by atoms with Crippen molar-refractivity contribution < 1.29 is 8.78 Å². The fourth-order valence-electron chi connectivity index (χ4n) is 5.82. The zero-order valence-corrected chi connectivity index (χ0v) is 21.2. The van der Waals surface area contributed by atoms with Crippen molar-refractivity contribution in [2.45, 2.75) is 31.7 Å². The normalized spacial score (nSPS) is 21.0. The van der Waals surface area contributed by atoms with Gasteiger partial charge in [0.15, 0.2) is 5.69 Å². The zero-order chi connectivity index (χ0) is 27.0. The summed E-state index contributed by atoms with van der Waals surface area (Å²) in [7, 11) is 0. The van der Waals surface area contributed by atoms with Gasteiger partial charge in [-0.3, -0.25) is 4.79 Å². The van der Waals surface area contributed by atoms with Crippen molar-refractivity contribution in [2.75, 3.05) is 0 Å². The maximum atomic E-state index is 15.0. The summed E-state index contributed by atoms with van der Waals surface area (Å²) in [4.78, 5) is 21.6. The number of nitrogens with zero attached hydrogens (tertiary/aromatic N) is 7. The number of nitriles is 1. The van der Waals surface area contributed by atoms with Crippen LogP contribution in [-0.2, 0) is 0 Å². The molecule has 3 unspecified atom stereocenters. The van der Waals surface area contributed by atoms with Crippen LogP contribution < -0.4 is 5.56 Å². The van der Waals surface area contributed by atoms with Crippen LogP contribution in [0.3, 0.4) is 0 Å². The van der Waals surface area contributed by atoms with Crippen LogP contribution in [0.25, 0.3) is 22.4 Å². The third-order valence-electron chi connectivity index (χ3n) is 7.63. The second-order valence-electron chi connectivity index (χ2n) is 9.99. The predicted molar refractivity (Wildman–Crippen MR) is 140 cm³/mol. The lowest BCUT2D eigenvalue weighted by Gasteiger charge is -2.20. The molecule has 3 atom stereocenters. The molecule has 5 heterocycles. The minimum absolute atomic E-state index is 0.0891. The maximum absolute atomic E-state index is 15.0. The molecular weight excluding hydrogens is 524 g/mol. The molecule has 1 saturated carbocycles. The van der Waals surface area contributed by atoms with E-state index in [1.54, 1.807) is 35.8 Å². The highest BCUT2D eigenvalue weighted by Crippen LogP contribution is 2.60. The van der Waals surface area contributed by atoms with E-state index in [0.717, 1.165) is 12.1 Å². The Hall–Kier alpha value is -4.49. The molecule has 2 aliphatic heterocycles. The number of halogens is 3. The van der Waals surface area contributed by atoms with E-state index < -0.39 is 17.9 Å². The molecule has 11 heteroatoms. The molecule has 8 nitrogen and oxygen atoms in total. The van der Waals surface area contributed by atoms with Crippen molar-refractivity contribution in [3.8, 4) is 22.9 Å². The number of rotatable bonds is 4. The summed E-state index contributed by atoms with van der Waals surface area (Å²) >= 11 is 6.32.